The van der Waals surface area contributed by atoms with Crippen molar-refractivity contribution in [3.8, 4) is 5.75 Å². The smallest absolute Gasteiger partial charge is 0.276 e. The first kappa shape index (κ1) is 13.1. The molecule has 0 spiro atoms. The molecular formula is C11H13NO5. The Morgan fingerprint density at radius 2 is 2.12 bits per heavy atom. The van der Waals surface area contributed by atoms with E-state index in [1.807, 2.05) is 0 Å². The summed E-state index contributed by atoms with van der Waals surface area (Å²) >= 11 is 0. The van der Waals surface area contributed by atoms with Crippen molar-refractivity contribution in [2.24, 2.45) is 0 Å². The lowest BCUT2D eigenvalue weighted by Gasteiger charge is -2.08. The van der Waals surface area contributed by atoms with Gasteiger partial charge in [0.15, 0.2) is 5.78 Å². The maximum atomic E-state index is 11.2. The maximum absolute atomic E-state index is 11.2. The van der Waals surface area contributed by atoms with Gasteiger partial charge in [0, 0.05) is 13.2 Å². The Kier molecular flexibility index (Phi) is 4.59. The van der Waals surface area contributed by atoms with Gasteiger partial charge in [-0.2, -0.15) is 0 Å². The number of Topliss-reactive ketones (excluding diaryl/α,β-unsaturated/α-hetero) is 1. The Balaban J connectivity index is 2.75. The molecule has 0 fully saturated rings. The van der Waals surface area contributed by atoms with E-state index in [9.17, 15) is 14.9 Å². The van der Waals surface area contributed by atoms with Gasteiger partial charge in [0.25, 0.3) is 5.69 Å². The summed E-state index contributed by atoms with van der Waals surface area (Å²) < 4.78 is 9.85. The van der Waals surface area contributed by atoms with E-state index in [0.29, 0.717) is 11.3 Å². The van der Waals surface area contributed by atoms with Gasteiger partial charge in [-0.3, -0.25) is 14.9 Å². The molecule has 6 heteroatoms. The number of hydrogen-bond acceptors (Lipinski definition) is 5. The van der Waals surface area contributed by atoms with Crippen LogP contribution in [0.2, 0.25) is 0 Å². The number of nitro groups is 1. The molecule has 0 amide bonds. The van der Waals surface area contributed by atoms with Crippen molar-refractivity contribution >= 4 is 11.5 Å². The van der Waals surface area contributed by atoms with E-state index in [2.05, 4.69) is 4.74 Å². The molecule has 0 saturated carbocycles. The molecule has 17 heavy (non-hydrogen) atoms. The molecule has 0 unspecified atom stereocenters. The molecular weight excluding hydrogens is 226 g/mol. The van der Waals surface area contributed by atoms with E-state index in [0.717, 1.165) is 0 Å². The molecule has 1 rings (SSSR count). The van der Waals surface area contributed by atoms with E-state index in [4.69, 9.17) is 4.74 Å². The summed E-state index contributed by atoms with van der Waals surface area (Å²) in [4.78, 5) is 21.4. The van der Waals surface area contributed by atoms with Crippen LogP contribution in [-0.4, -0.2) is 31.0 Å². The number of hydrogen-bond donors (Lipinski definition) is 0. The largest absolute Gasteiger partial charge is 0.485 e. The van der Waals surface area contributed by atoms with Gasteiger partial charge in [0.1, 0.15) is 19.0 Å². The second-order valence-electron chi connectivity index (χ2n) is 3.42. The fourth-order valence-electron chi connectivity index (χ4n) is 1.32. The standard InChI is InChI=1S/C11H13NO5/c1-8-10(12(14)15)4-3-5-11(8)17-7-9(13)6-16-2/h3-5H,6-7H2,1-2H3. The third kappa shape index (κ3) is 3.53. The fraction of sp³-hybridized carbons (Fsp3) is 0.364. The number of ketones is 1. The first-order valence-corrected chi connectivity index (χ1v) is 4.93. The zero-order chi connectivity index (χ0) is 12.8. The highest BCUT2D eigenvalue weighted by Gasteiger charge is 2.14. The van der Waals surface area contributed by atoms with Crippen molar-refractivity contribution in [3.63, 3.8) is 0 Å². The molecule has 0 aliphatic rings. The highest BCUT2D eigenvalue weighted by atomic mass is 16.6. The van der Waals surface area contributed by atoms with E-state index in [1.165, 1.54) is 19.2 Å². The third-order valence-corrected chi connectivity index (χ3v) is 2.15. The minimum absolute atomic E-state index is 0.0262. The van der Waals surface area contributed by atoms with Crippen LogP contribution in [0.15, 0.2) is 18.2 Å². The minimum atomic E-state index is -0.487. The number of benzene rings is 1. The summed E-state index contributed by atoms with van der Waals surface area (Å²) in [5, 5.41) is 10.7. The average molecular weight is 239 g/mol. The van der Waals surface area contributed by atoms with Crippen LogP contribution in [0.1, 0.15) is 5.56 Å². The Morgan fingerprint density at radius 3 is 2.71 bits per heavy atom. The summed E-state index contributed by atoms with van der Waals surface area (Å²) in [5.41, 5.74) is 0.379. The molecule has 0 aliphatic carbocycles. The van der Waals surface area contributed by atoms with Crippen molar-refractivity contribution in [3.05, 3.63) is 33.9 Å². The van der Waals surface area contributed by atoms with Gasteiger partial charge < -0.3 is 9.47 Å². The maximum Gasteiger partial charge on any atom is 0.276 e. The van der Waals surface area contributed by atoms with Crippen molar-refractivity contribution in [2.45, 2.75) is 6.92 Å². The second kappa shape index (κ2) is 5.95. The van der Waals surface area contributed by atoms with Gasteiger partial charge in [-0.05, 0) is 13.0 Å². The van der Waals surface area contributed by atoms with E-state index in [1.54, 1.807) is 13.0 Å². The molecule has 0 N–H and O–H groups in total. The number of ether oxygens (including phenoxy) is 2. The summed E-state index contributed by atoms with van der Waals surface area (Å²) in [6.45, 7) is 1.39. The fourth-order valence-corrected chi connectivity index (χ4v) is 1.32. The van der Waals surface area contributed by atoms with Crippen molar-refractivity contribution in [1.29, 1.82) is 0 Å². The quantitative estimate of drug-likeness (QED) is 0.555. The lowest BCUT2D eigenvalue weighted by molar-refractivity contribution is -0.385. The predicted molar refractivity (Wildman–Crippen MR) is 60.2 cm³/mol. The van der Waals surface area contributed by atoms with Gasteiger partial charge in [-0.25, -0.2) is 0 Å². The zero-order valence-corrected chi connectivity index (χ0v) is 9.63. The molecule has 0 aliphatic heterocycles. The van der Waals surface area contributed by atoms with Gasteiger partial charge in [0.05, 0.1) is 10.5 Å². The number of nitrogens with zero attached hydrogens (tertiary/aromatic N) is 1. The minimum Gasteiger partial charge on any atom is -0.485 e. The summed E-state index contributed by atoms with van der Waals surface area (Å²) in [6, 6.07) is 4.49. The van der Waals surface area contributed by atoms with Crippen LogP contribution < -0.4 is 4.74 Å². The van der Waals surface area contributed by atoms with Crippen molar-refractivity contribution in [1.82, 2.24) is 0 Å². The zero-order valence-electron chi connectivity index (χ0n) is 9.63. The van der Waals surface area contributed by atoms with Gasteiger partial charge in [-0.1, -0.05) is 6.07 Å². The summed E-state index contributed by atoms with van der Waals surface area (Å²) in [5.74, 6) is 0.113. The summed E-state index contributed by atoms with van der Waals surface area (Å²) in [6.07, 6.45) is 0. The van der Waals surface area contributed by atoms with Crippen LogP contribution in [0.3, 0.4) is 0 Å². The molecule has 0 bridgehead atoms. The molecule has 0 radical (unpaired) electrons. The molecule has 1 aromatic rings. The van der Waals surface area contributed by atoms with Crippen molar-refractivity contribution < 1.29 is 19.2 Å². The second-order valence-corrected chi connectivity index (χ2v) is 3.42. The highest BCUT2D eigenvalue weighted by Crippen LogP contribution is 2.26. The Morgan fingerprint density at radius 1 is 1.41 bits per heavy atom. The Hall–Kier alpha value is -1.95. The molecule has 92 valence electrons. The third-order valence-electron chi connectivity index (χ3n) is 2.15. The number of rotatable bonds is 6. The monoisotopic (exact) mass is 239 g/mol. The van der Waals surface area contributed by atoms with Crippen molar-refractivity contribution in [2.75, 3.05) is 20.3 Å². The van der Waals surface area contributed by atoms with Gasteiger partial charge >= 0.3 is 0 Å². The molecule has 0 saturated heterocycles. The average Bonchev–Trinajstić information content (AvgIpc) is 2.27. The predicted octanol–water partition coefficient (Wildman–Crippen LogP) is 1.50. The van der Waals surface area contributed by atoms with E-state index < -0.39 is 4.92 Å². The normalized spacial score (nSPS) is 10.0. The van der Waals surface area contributed by atoms with E-state index >= 15 is 0 Å². The first-order valence-electron chi connectivity index (χ1n) is 4.93. The van der Waals surface area contributed by atoms with Crippen LogP contribution in [0.25, 0.3) is 0 Å². The van der Waals surface area contributed by atoms with Gasteiger partial charge in [0.2, 0.25) is 0 Å². The Bertz CT molecular complexity index is 430. The first-order chi connectivity index (χ1) is 8.06. The summed E-state index contributed by atoms with van der Waals surface area (Å²) in [7, 11) is 1.41. The topological polar surface area (TPSA) is 78.7 Å². The van der Waals surface area contributed by atoms with Crippen LogP contribution in [0.5, 0.6) is 5.75 Å². The number of methoxy groups -OCH3 is 1. The number of nitro benzene ring substituents is 1. The molecule has 0 atom stereocenters. The highest BCUT2D eigenvalue weighted by molar-refractivity contribution is 5.81. The lowest BCUT2D eigenvalue weighted by Crippen LogP contribution is -2.16. The Labute approximate surface area is 98.3 Å². The van der Waals surface area contributed by atoms with Crippen LogP contribution in [0.4, 0.5) is 5.69 Å². The van der Waals surface area contributed by atoms with E-state index in [-0.39, 0.29) is 24.7 Å². The van der Waals surface area contributed by atoms with Crippen LogP contribution >= 0.6 is 0 Å². The van der Waals surface area contributed by atoms with Gasteiger partial charge in [-0.15, -0.1) is 0 Å². The number of carbonyl (C=O) groups excluding carboxylic acids is 1. The van der Waals surface area contributed by atoms with Crippen LogP contribution in [-0.2, 0) is 9.53 Å². The lowest BCUT2D eigenvalue weighted by atomic mass is 10.2. The number of carbonyl (C=O) groups is 1. The molecule has 1 aromatic carbocycles. The molecule has 0 aromatic heterocycles. The SMILES string of the molecule is COCC(=O)COc1cccc([N+](=O)[O-])c1C. The molecule has 0 heterocycles. The van der Waals surface area contributed by atoms with Crippen LogP contribution in [0, 0.1) is 17.0 Å². The molecule has 6 nitrogen and oxygen atoms in total.